The van der Waals surface area contributed by atoms with Gasteiger partial charge in [0.1, 0.15) is 0 Å². The van der Waals surface area contributed by atoms with Crippen molar-refractivity contribution in [3.8, 4) is 11.5 Å². The van der Waals surface area contributed by atoms with Gasteiger partial charge in [-0.2, -0.15) is 0 Å². The van der Waals surface area contributed by atoms with Crippen molar-refractivity contribution in [2.75, 3.05) is 25.1 Å². The summed E-state index contributed by atoms with van der Waals surface area (Å²) in [5.41, 5.74) is 3.57. The molecule has 1 amide bonds. The molecule has 3 rings (SSSR count). The minimum absolute atomic E-state index is 0.0500. The molecule has 0 atom stereocenters. The van der Waals surface area contributed by atoms with E-state index in [1.54, 1.807) is 18.2 Å². The molecule has 2 aromatic carbocycles. The minimum Gasteiger partial charge on any atom is -0.504 e. The molecule has 5 nitrogen and oxygen atoms in total. The number of ether oxygens (including phenoxy) is 1. The number of rotatable bonds is 6. The number of aromatic hydroxyl groups is 1. The summed E-state index contributed by atoms with van der Waals surface area (Å²) in [7, 11) is 1.52. The van der Waals surface area contributed by atoms with Gasteiger partial charge in [0.05, 0.1) is 7.11 Å². The third kappa shape index (κ3) is 4.54. The van der Waals surface area contributed by atoms with Crippen LogP contribution in [-0.4, -0.2) is 31.2 Å². The summed E-state index contributed by atoms with van der Waals surface area (Å²) in [4.78, 5) is 14.9. The number of methoxy groups -OCH3 is 1. The highest BCUT2D eigenvalue weighted by Crippen LogP contribution is 2.28. The second kappa shape index (κ2) is 8.80. The number of hydrogen-bond donors (Lipinski definition) is 2. The van der Waals surface area contributed by atoms with Crippen LogP contribution in [0.25, 0.3) is 0 Å². The van der Waals surface area contributed by atoms with Crippen molar-refractivity contribution < 1.29 is 14.6 Å². The molecule has 0 aromatic heterocycles. The van der Waals surface area contributed by atoms with Crippen molar-refractivity contribution in [3.63, 3.8) is 0 Å². The van der Waals surface area contributed by atoms with Crippen LogP contribution >= 0.6 is 0 Å². The minimum atomic E-state index is 0.0500. The number of nitrogens with zero attached hydrogens (tertiary/aromatic N) is 1. The van der Waals surface area contributed by atoms with Gasteiger partial charge in [-0.05, 0) is 48.6 Å². The Morgan fingerprint density at radius 2 is 1.96 bits per heavy atom. The number of carbonyl (C=O) groups excluding carboxylic acids is 1. The zero-order valence-electron chi connectivity index (χ0n) is 16.1. The summed E-state index contributed by atoms with van der Waals surface area (Å²) >= 11 is 0. The average molecular weight is 368 g/mol. The SMILES string of the molecule is CCc1ccccc1N1CCC(C(=O)NCc2ccc(O)c(OC)c2)CC1. The first-order valence-corrected chi connectivity index (χ1v) is 9.58. The van der Waals surface area contributed by atoms with Crippen LogP contribution in [0.5, 0.6) is 11.5 Å². The third-order valence-corrected chi connectivity index (χ3v) is 5.29. The molecule has 27 heavy (non-hydrogen) atoms. The van der Waals surface area contributed by atoms with Gasteiger partial charge in [0, 0.05) is 31.2 Å². The van der Waals surface area contributed by atoms with Gasteiger partial charge >= 0.3 is 0 Å². The van der Waals surface area contributed by atoms with Crippen LogP contribution in [0.4, 0.5) is 5.69 Å². The molecule has 2 aromatic rings. The number of phenols is 1. The van der Waals surface area contributed by atoms with Crippen LogP contribution in [0.1, 0.15) is 30.9 Å². The lowest BCUT2D eigenvalue weighted by Gasteiger charge is -2.34. The monoisotopic (exact) mass is 368 g/mol. The van der Waals surface area contributed by atoms with Crippen molar-refractivity contribution in [1.82, 2.24) is 5.32 Å². The Kier molecular flexibility index (Phi) is 6.22. The van der Waals surface area contributed by atoms with Gasteiger partial charge in [-0.3, -0.25) is 4.79 Å². The largest absolute Gasteiger partial charge is 0.504 e. The first-order chi connectivity index (χ1) is 13.1. The number of benzene rings is 2. The second-order valence-corrected chi connectivity index (χ2v) is 6.97. The van der Waals surface area contributed by atoms with Gasteiger partial charge in [0.25, 0.3) is 0 Å². The highest BCUT2D eigenvalue weighted by Gasteiger charge is 2.25. The fourth-order valence-corrected chi connectivity index (χ4v) is 3.67. The van der Waals surface area contributed by atoms with E-state index in [4.69, 9.17) is 4.74 Å². The lowest BCUT2D eigenvalue weighted by Crippen LogP contribution is -2.40. The number of nitrogens with one attached hydrogen (secondary N) is 1. The summed E-state index contributed by atoms with van der Waals surface area (Å²) in [6.07, 6.45) is 2.75. The van der Waals surface area contributed by atoms with Gasteiger partial charge in [0.15, 0.2) is 11.5 Å². The van der Waals surface area contributed by atoms with Gasteiger partial charge < -0.3 is 20.1 Å². The summed E-state index contributed by atoms with van der Waals surface area (Å²) < 4.78 is 5.11. The molecular weight excluding hydrogens is 340 g/mol. The number of aryl methyl sites for hydroxylation is 1. The normalized spacial score (nSPS) is 14.8. The van der Waals surface area contributed by atoms with Crippen LogP contribution in [0.2, 0.25) is 0 Å². The molecule has 0 bridgehead atoms. The standard InChI is InChI=1S/C22H28N2O3/c1-3-17-6-4-5-7-19(17)24-12-10-18(11-13-24)22(26)23-15-16-8-9-20(25)21(14-16)27-2/h4-9,14,18,25H,3,10-13,15H2,1-2H3,(H,23,26). The number of phenolic OH excluding ortho intramolecular Hbond substituents is 1. The van der Waals surface area contributed by atoms with Crippen molar-refractivity contribution in [1.29, 1.82) is 0 Å². The maximum absolute atomic E-state index is 12.5. The van der Waals surface area contributed by atoms with Crippen LogP contribution < -0.4 is 15.0 Å². The lowest BCUT2D eigenvalue weighted by molar-refractivity contribution is -0.125. The van der Waals surface area contributed by atoms with Crippen molar-refractivity contribution >= 4 is 11.6 Å². The van der Waals surface area contributed by atoms with E-state index in [1.807, 2.05) is 0 Å². The van der Waals surface area contributed by atoms with E-state index in [1.165, 1.54) is 18.4 Å². The number of piperidine rings is 1. The Morgan fingerprint density at radius 1 is 1.22 bits per heavy atom. The number of hydrogen-bond acceptors (Lipinski definition) is 4. The zero-order chi connectivity index (χ0) is 19.2. The van der Waals surface area contributed by atoms with Gasteiger partial charge in [-0.25, -0.2) is 0 Å². The Morgan fingerprint density at radius 3 is 2.67 bits per heavy atom. The molecular formula is C22H28N2O3. The van der Waals surface area contributed by atoms with Crippen molar-refractivity contribution in [3.05, 3.63) is 53.6 Å². The predicted octanol–water partition coefficient (Wildman–Crippen LogP) is 3.50. The maximum atomic E-state index is 12.5. The van der Waals surface area contributed by atoms with Gasteiger partial charge in [-0.1, -0.05) is 31.2 Å². The summed E-state index contributed by atoms with van der Waals surface area (Å²) in [5, 5.41) is 12.7. The molecule has 144 valence electrons. The fraction of sp³-hybridized carbons (Fsp3) is 0.409. The third-order valence-electron chi connectivity index (χ3n) is 5.29. The Hall–Kier alpha value is -2.69. The van der Waals surface area contributed by atoms with Gasteiger partial charge in [0.2, 0.25) is 5.91 Å². The quantitative estimate of drug-likeness (QED) is 0.819. The second-order valence-electron chi connectivity index (χ2n) is 6.97. The molecule has 1 aliphatic heterocycles. The Bertz CT molecular complexity index is 783. The summed E-state index contributed by atoms with van der Waals surface area (Å²) in [5.74, 6) is 0.677. The topological polar surface area (TPSA) is 61.8 Å². The molecule has 0 aliphatic carbocycles. The van der Waals surface area contributed by atoms with Crippen LogP contribution in [0.15, 0.2) is 42.5 Å². The van der Waals surface area contributed by atoms with Crippen LogP contribution in [-0.2, 0) is 17.8 Å². The van der Waals surface area contributed by atoms with E-state index in [0.717, 1.165) is 37.9 Å². The van der Waals surface area contributed by atoms with E-state index in [9.17, 15) is 9.90 Å². The molecule has 0 spiro atoms. The molecule has 1 heterocycles. The first-order valence-electron chi connectivity index (χ1n) is 9.58. The van der Waals surface area contributed by atoms with Crippen molar-refractivity contribution in [2.24, 2.45) is 5.92 Å². The molecule has 0 saturated carbocycles. The Labute approximate surface area is 161 Å². The highest BCUT2D eigenvalue weighted by atomic mass is 16.5. The number of anilines is 1. The summed E-state index contributed by atoms with van der Waals surface area (Å²) in [6.45, 7) is 4.43. The van der Waals surface area contributed by atoms with Crippen molar-refractivity contribution in [2.45, 2.75) is 32.7 Å². The van der Waals surface area contributed by atoms with E-state index < -0.39 is 0 Å². The molecule has 1 saturated heterocycles. The van der Waals surface area contributed by atoms with Gasteiger partial charge in [-0.15, -0.1) is 0 Å². The van der Waals surface area contributed by atoms with E-state index in [0.29, 0.717) is 12.3 Å². The fourth-order valence-electron chi connectivity index (χ4n) is 3.67. The van der Waals surface area contributed by atoms with E-state index in [2.05, 4.69) is 41.4 Å². The number of carbonyl (C=O) groups is 1. The zero-order valence-corrected chi connectivity index (χ0v) is 16.1. The molecule has 1 aliphatic rings. The van der Waals surface area contributed by atoms with Crippen LogP contribution in [0, 0.1) is 5.92 Å². The molecule has 0 radical (unpaired) electrons. The molecule has 2 N–H and O–H groups in total. The predicted molar refractivity (Wildman–Crippen MR) is 107 cm³/mol. The lowest BCUT2D eigenvalue weighted by atomic mass is 9.94. The highest BCUT2D eigenvalue weighted by molar-refractivity contribution is 5.79. The van der Waals surface area contributed by atoms with E-state index >= 15 is 0 Å². The van der Waals surface area contributed by atoms with E-state index in [-0.39, 0.29) is 17.6 Å². The Balaban J connectivity index is 1.53. The number of amides is 1. The molecule has 5 heteroatoms. The molecule has 1 fully saturated rings. The summed E-state index contributed by atoms with van der Waals surface area (Å²) in [6, 6.07) is 13.7. The first kappa shape index (κ1) is 19.1. The van der Waals surface area contributed by atoms with Crippen LogP contribution in [0.3, 0.4) is 0 Å². The smallest absolute Gasteiger partial charge is 0.223 e. The maximum Gasteiger partial charge on any atom is 0.223 e. The number of para-hydroxylation sites is 1. The molecule has 0 unspecified atom stereocenters. The average Bonchev–Trinajstić information content (AvgIpc) is 2.73.